The van der Waals surface area contributed by atoms with Gasteiger partial charge in [0.1, 0.15) is 12.6 Å². The lowest BCUT2D eigenvalue weighted by Gasteiger charge is -2.64. The second-order valence-electron chi connectivity index (χ2n) is 11.6. The fourth-order valence-corrected chi connectivity index (χ4v) is 6.17. The Morgan fingerprint density at radius 3 is 2.57 bits per heavy atom. The van der Waals surface area contributed by atoms with Gasteiger partial charge >= 0.3 is 13.2 Å². The van der Waals surface area contributed by atoms with Crippen LogP contribution in [-0.4, -0.2) is 49.4 Å². The maximum atomic E-state index is 12.9. The second-order valence-corrected chi connectivity index (χ2v) is 11.6. The highest BCUT2D eigenvalue weighted by molar-refractivity contribution is 6.47. The molecule has 1 aliphatic heterocycles. The molecule has 4 fully saturated rings. The Hall–Kier alpha value is -2.10. The van der Waals surface area contributed by atoms with Crippen molar-refractivity contribution in [3.8, 4) is 0 Å². The van der Waals surface area contributed by atoms with Gasteiger partial charge in [-0.25, -0.2) is 4.79 Å². The minimum atomic E-state index is -0.917. The molecule has 3 aliphatic carbocycles. The van der Waals surface area contributed by atoms with E-state index >= 15 is 0 Å². The van der Waals surface area contributed by atoms with Gasteiger partial charge in [0.15, 0.2) is 0 Å². The van der Waals surface area contributed by atoms with Gasteiger partial charge < -0.3 is 30.4 Å². The summed E-state index contributed by atoms with van der Waals surface area (Å²) >= 11 is 0. The number of nitrogens with two attached hydrogens (primary N) is 1. The lowest BCUT2D eigenvalue weighted by Crippen LogP contribution is -2.65. The van der Waals surface area contributed by atoms with Gasteiger partial charge in [0.25, 0.3) is 0 Å². The Balaban J connectivity index is 1.29. The predicted octanol–water partition coefficient (Wildman–Crippen LogP) is 3.04. The van der Waals surface area contributed by atoms with Crippen LogP contribution in [0.2, 0.25) is 0 Å². The summed E-state index contributed by atoms with van der Waals surface area (Å²) < 4.78 is 18.2. The molecule has 0 aromatic heterocycles. The minimum Gasteiger partial charge on any atom is -0.445 e. The molecule has 8 nitrogen and oxygen atoms in total. The first-order chi connectivity index (χ1) is 16.5. The number of carbonyl (C=O) groups excluding carboxylic acids is 2. The minimum absolute atomic E-state index is 0.0292. The summed E-state index contributed by atoms with van der Waals surface area (Å²) in [6, 6.07) is 8.47. The average molecular weight is 485 g/mol. The van der Waals surface area contributed by atoms with E-state index in [1.807, 2.05) is 30.3 Å². The fraction of sp³-hybridized carbons (Fsp3) is 0.692. The van der Waals surface area contributed by atoms with Crippen LogP contribution in [0.1, 0.15) is 59.4 Å². The number of hydrogen-bond acceptors (Lipinski definition) is 6. The normalized spacial score (nSPS) is 30.1. The van der Waals surface area contributed by atoms with Crippen molar-refractivity contribution in [3.05, 3.63) is 35.9 Å². The Bertz CT molecular complexity index is 914. The molecule has 3 saturated carbocycles. The standard InChI is InChI=1S/C26H40BN3O5/c1-16(2)11-22(27-34-21-13-18-12-20(25(18,3)4)26(21,5)35-27)30-23(31)19(28)14-29-24(32)33-15-17-9-7-6-8-10-17/h6-10,16,18-22H,11-15,28H2,1-5H3,(H,29,32)(H,30,31)/t18-,19-,20-,21+,22-,26-/m0/s1. The molecule has 35 heavy (non-hydrogen) atoms. The van der Waals surface area contributed by atoms with Crippen molar-refractivity contribution in [2.24, 2.45) is 28.9 Å². The number of alkyl carbamates (subject to hydrolysis) is 1. The Labute approximate surface area is 209 Å². The maximum absolute atomic E-state index is 12.9. The first-order valence-corrected chi connectivity index (χ1v) is 12.8. The van der Waals surface area contributed by atoms with E-state index in [4.69, 9.17) is 19.8 Å². The molecule has 1 aromatic carbocycles. The molecule has 1 heterocycles. The number of hydrogen-bond donors (Lipinski definition) is 3. The third-order valence-corrected chi connectivity index (χ3v) is 8.37. The molecule has 4 N–H and O–H groups in total. The fourth-order valence-electron chi connectivity index (χ4n) is 6.17. The summed E-state index contributed by atoms with van der Waals surface area (Å²) in [4.78, 5) is 24.9. The third kappa shape index (κ3) is 5.37. The van der Waals surface area contributed by atoms with E-state index in [9.17, 15) is 9.59 Å². The van der Waals surface area contributed by atoms with E-state index in [1.165, 1.54) is 6.42 Å². The lowest BCUT2D eigenvalue weighted by atomic mass is 9.43. The summed E-state index contributed by atoms with van der Waals surface area (Å²) in [5.74, 6) is 0.771. The Morgan fingerprint density at radius 1 is 1.20 bits per heavy atom. The molecular formula is C26H40BN3O5. The van der Waals surface area contributed by atoms with Gasteiger partial charge in [-0.3, -0.25) is 4.79 Å². The van der Waals surface area contributed by atoms with Gasteiger partial charge in [-0.05, 0) is 54.9 Å². The molecular weight excluding hydrogens is 445 g/mol. The highest BCUT2D eigenvalue weighted by atomic mass is 16.7. The van der Waals surface area contributed by atoms with E-state index in [0.717, 1.165) is 12.0 Å². The molecule has 4 aliphatic rings. The molecule has 0 unspecified atom stereocenters. The van der Waals surface area contributed by atoms with Crippen LogP contribution in [-0.2, 0) is 25.4 Å². The number of carbonyl (C=O) groups is 2. The molecule has 0 radical (unpaired) electrons. The van der Waals surface area contributed by atoms with Crippen molar-refractivity contribution < 1.29 is 23.6 Å². The van der Waals surface area contributed by atoms with Gasteiger partial charge in [0, 0.05) is 6.54 Å². The van der Waals surface area contributed by atoms with E-state index in [-0.39, 0.29) is 42.1 Å². The molecule has 192 valence electrons. The van der Waals surface area contributed by atoms with Crippen LogP contribution >= 0.6 is 0 Å². The van der Waals surface area contributed by atoms with Crippen molar-refractivity contribution >= 4 is 19.1 Å². The number of rotatable bonds is 9. The van der Waals surface area contributed by atoms with Crippen LogP contribution in [0.25, 0.3) is 0 Å². The van der Waals surface area contributed by atoms with E-state index in [1.54, 1.807) is 0 Å². The van der Waals surface area contributed by atoms with Crippen molar-refractivity contribution in [1.82, 2.24) is 10.6 Å². The summed E-state index contributed by atoms with van der Waals surface area (Å²) in [5, 5.41) is 5.62. The first kappa shape index (κ1) is 26.0. The van der Waals surface area contributed by atoms with E-state index in [0.29, 0.717) is 24.2 Å². The van der Waals surface area contributed by atoms with E-state index < -0.39 is 19.3 Å². The van der Waals surface area contributed by atoms with Gasteiger partial charge in [-0.1, -0.05) is 58.0 Å². The molecule has 9 heteroatoms. The zero-order valence-corrected chi connectivity index (χ0v) is 21.6. The van der Waals surface area contributed by atoms with E-state index in [2.05, 4.69) is 45.3 Å². The molecule has 2 amide bonds. The van der Waals surface area contributed by atoms with Crippen LogP contribution < -0.4 is 16.4 Å². The molecule has 0 spiro atoms. The van der Waals surface area contributed by atoms with Crippen molar-refractivity contribution in [3.63, 3.8) is 0 Å². The van der Waals surface area contributed by atoms with Crippen molar-refractivity contribution in [2.75, 3.05) is 6.54 Å². The number of benzene rings is 1. The van der Waals surface area contributed by atoms with Gasteiger partial charge in [0.2, 0.25) is 5.91 Å². The van der Waals surface area contributed by atoms with Gasteiger partial charge in [0.05, 0.1) is 17.6 Å². The van der Waals surface area contributed by atoms with Crippen LogP contribution in [0.3, 0.4) is 0 Å². The number of ether oxygens (including phenoxy) is 1. The topological polar surface area (TPSA) is 112 Å². The largest absolute Gasteiger partial charge is 0.481 e. The van der Waals surface area contributed by atoms with Crippen LogP contribution in [0, 0.1) is 23.2 Å². The van der Waals surface area contributed by atoms with Crippen molar-refractivity contribution in [2.45, 2.75) is 84.2 Å². The quantitative estimate of drug-likeness (QED) is 0.464. The monoisotopic (exact) mass is 485 g/mol. The summed E-state index contributed by atoms with van der Waals surface area (Å²) in [5.41, 5.74) is 6.89. The van der Waals surface area contributed by atoms with Crippen molar-refractivity contribution in [1.29, 1.82) is 0 Å². The lowest BCUT2D eigenvalue weighted by molar-refractivity contribution is -0.199. The second kappa shape index (κ2) is 10.1. The Kier molecular flexibility index (Phi) is 7.50. The van der Waals surface area contributed by atoms with Gasteiger partial charge in [-0.15, -0.1) is 0 Å². The maximum Gasteiger partial charge on any atom is 0.481 e. The van der Waals surface area contributed by atoms with Crippen LogP contribution in [0.4, 0.5) is 4.79 Å². The molecule has 2 bridgehead atoms. The molecule has 1 saturated heterocycles. The highest BCUT2D eigenvalue weighted by Gasteiger charge is 2.68. The summed E-state index contributed by atoms with van der Waals surface area (Å²) in [7, 11) is -0.512. The highest BCUT2D eigenvalue weighted by Crippen LogP contribution is 2.65. The predicted molar refractivity (Wildman–Crippen MR) is 134 cm³/mol. The zero-order valence-electron chi connectivity index (χ0n) is 21.6. The van der Waals surface area contributed by atoms with Crippen LogP contribution in [0.15, 0.2) is 30.3 Å². The smallest absolute Gasteiger partial charge is 0.445 e. The summed E-state index contributed by atoms with van der Waals surface area (Å²) in [6.07, 6.45) is 2.31. The van der Waals surface area contributed by atoms with Gasteiger partial charge in [-0.2, -0.15) is 0 Å². The average Bonchev–Trinajstić information content (AvgIpc) is 3.18. The van der Waals surface area contributed by atoms with Crippen LogP contribution in [0.5, 0.6) is 0 Å². The molecule has 1 aromatic rings. The SMILES string of the molecule is CC(C)C[C@H](NC(=O)[C@@H](N)CNC(=O)OCc1ccccc1)B1O[C@@H]2C[C@@H]3C[C@@H](C3(C)C)[C@]2(C)O1. The first-order valence-electron chi connectivity index (χ1n) is 12.8. The third-order valence-electron chi connectivity index (χ3n) is 8.37. The number of nitrogens with one attached hydrogen (secondary N) is 2. The number of amides is 2. The molecule has 5 rings (SSSR count). The zero-order chi connectivity index (χ0) is 25.4. The molecule has 6 atom stereocenters. The summed E-state index contributed by atoms with van der Waals surface area (Å²) in [6.45, 7) is 11.2. The Morgan fingerprint density at radius 2 is 1.91 bits per heavy atom.